The van der Waals surface area contributed by atoms with Gasteiger partial charge in [0.15, 0.2) is 7.83 Å². The molecular formula is C10H26OSi2. The van der Waals surface area contributed by atoms with Gasteiger partial charge < -0.3 is 4.43 Å². The van der Waals surface area contributed by atoms with Crippen molar-refractivity contribution in [3.63, 3.8) is 0 Å². The van der Waals surface area contributed by atoms with Crippen molar-refractivity contribution in [1.82, 2.24) is 0 Å². The van der Waals surface area contributed by atoms with Crippen molar-refractivity contribution in [2.45, 2.75) is 58.9 Å². The minimum absolute atomic E-state index is 0.456. The van der Waals surface area contributed by atoms with Gasteiger partial charge in [-0.05, 0) is 25.1 Å². The summed E-state index contributed by atoms with van der Waals surface area (Å²) in [4.78, 5) is 0. The molecule has 0 spiro atoms. The number of hydrogen-bond donors (Lipinski definition) is 0. The van der Waals surface area contributed by atoms with Crippen molar-refractivity contribution in [3.05, 3.63) is 0 Å². The second kappa shape index (κ2) is 3.87. The van der Waals surface area contributed by atoms with Crippen LogP contribution < -0.4 is 0 Å². The third kappa shape index (κ3) is 2.67. The first-order valence-electron chi connectivity index (χ1n) is 5.20. The zero-order valence-corrected chi connectivity index (χ0v) is 12.6. The van der Waals surface area contributed by atoms with Crippen LogP contribution in [0.2, 0.25) is 31.2 Å². The zero-order chi connectivity index (χ0) is 10.9. The van der Waals surface area contributed by atoms with Crippen LogP contribution in [-0.2, 0) is 4.43 Å². The average molecular weight is 218 g/mol. The Labute approximate surface area is 85.8 Å². The van der Waals surface area contributed by atoms with Gasteiger partial charge in [-0.25, -0.2) is 0 Å². The Morgan fingerprint density at radius 1 is 1.00 bits per heavy atom. The SMILES string of the molecule is CCO[Si](C)(C)[Si](C)(C)C(C)(C)C. The van der Waals surface area contributed by atoms with Gasteiger partial charge in [-0.2, -0.15) is 0 Å². The molecule has 0 saturated heterocycles. The van der Waals surface area contributed by atoms with E-state index in [0.717, 1.165) is 6.61 Å². The highest BCUT2D eigenvalue weighted by Gasteiger charge is 2.50. The summed E-state index contributed by atoms with van der Waals surface area (Å²) in [5.41, 5.74) is 0. The first-order valence-corrected chi connectivity index (χ1v) is 12.1. The fourth-order valence-corrected chi connectivity index (χ4v) is 11.3. The molecule has 0 aromatic carbocycles. The largest absolute Gasteiger partial charge is 0.420 e. The van der Waals surface area contributed by atoms with Gasteiger partial charge in [0, 0.05) is 6.61 Å². The maximum Gasteiger partial charge on any atom is 0.174 e. The van der Waals surface area contributed by atoms with E-state index < -0.39 is 15.4 Å². The normalized spacial score (nSPS) is 14.8. The molecule has 13 heavy (non-hydrogen) atoms. The first-order chi connectivity index (χ1) is 5.56. The molecule has 0 aliphatic heterocycles. The smallest absolute Gasteiger partial charge is 0.174 e. The van der Waals surface area contributed by atoms with Crippen molar-refractivity contribution in [3.8, 4) is 0 Å². The van der Waals surface area contributed by atoms with Gasteiger partial charge in [-0.1, -0.05) is 33.9 Å². The third-order valence-electron chi connectivity index (χ3n) is 3.89. The van der Waals surface area contributed by atoms with Crippen molar-refractivity contribution in [1.29, 1.82) is 0 Å². The monoisotopic (exact) mass is 218 g/mol. The van der Waals surface area contributed by atoms with Crippen molar-refractivity contribution < 1.29 is 4.43 Å². The van der Waals surface area contributed by atoms with Crippen LogP contribution in [0.3, 0.4) is 0 Å². The molecule has 0 radical (unpaired) electrons. The Bertz CT molecular complexity index is 168. The van der Waals surface area contributed by atoms with Crippen LogP contribution >= 0.6 is 0 Å². The maximum absolute atomic E-state index is 6.02. The predicted molar refractivity (Wildman–Crippen MR) is 66.3 cm³/mol. The van der Waals surface area contributed by atoms with Crippen LogP contribution in [0.1, 0.15) is 27.7 Å². The van der Waals surface area contributed by atoms with Gasteiger partial charge in [0.05, 0.1) is 7.59 Å². The molecular weight excluding hydrogens is 192 g/mol. The predicted octanol–water partition coefficient (Wildman–Crippen LogP) is 3.81. The Kier molecular flexibility index (Phi) is 3.99. The Morgan fingerprint density at radius 3 is 1.62 bits per heavy atom. The molecule has 0 bridgehead atoms. The van der Waals surface area contributed by atoms with Gasteiger partial charge in [0.2, 0.25) is 0 Å². The van der Waals surface area contributed by atoms with E-state index in [1.807, 2.05) is 0 Å². The van der Waals surface area contributed by atoms with Crippen LogP contribution in [-0.4, -0.2) is 22.0 Å². The lowest BCUT2D eigenvalue weighted by Crippen LogP contribution is -2.62. The third-order valence-corrected chi connectivity index (χ3v) is 23.4. The van der Waals surface area contributed by atoms with E-state index in [4.69, 9.17) is 4.43 Å². The van der Waals surface area contributed by atoms with Gasteiger partial charge in [0.1, 0.15) is 0 Å². The highest BCUT2D eigenvalue weighted by Crippen LogP contribution is 2.41. The zero-order valence-electron chi connectivity index (χ0n) is 10.6. The van der Waals surface area contributed by atoms with Crippen LogP contribution in [0.25, 0.3) is 0 Å². The maximum atomic E-state index is 6.02. The molecule has 0 aliphatic carbocycles. The lowest BCUT2D eigenvalue weighted by Gasteiger charge is -2.46. The summed E-state index contributed by atoms with van der Waals surface area (Å²) in [5, 5.41) is 0.456. The standard InChI is InChI=1S/C10H26OSi2/c1-9-11-13(7,8)12(5,6)10(2,3)4/h9H2,1-8H3. The summed E-state index contributed by atoms with van der Waals surface area (Å²) in [7, 11) is -2.66. The molecule has 3 heteroatoms. The topological polar surface area (TPSA) is 9.23 Å². The summed E-state index contributed by atoms with van der Waals surface area (Å²) in [5.74, 6) is 0. The van der Waals surface area contributed by atoms with E-state index in [1.165, 1.54) is 0 Å². The lowest BCUT2D eigenvalue weighted by molar-refractivity contribution is 0.340. The highest BCUT2D eigenvalue weighted by molar-refractivity contribution is 7.39. The van der Waals surface area contributed by atoms with Crippen LogP contribution in [0.5, 0.6) is 0 Å². The van der Waals surface area contributed by atoms with Gasteiger partial charge >= 0.3 is 0 Å². The summed E-state index contributed by atoms with van der Waals surface area (Å²) in [6.07, 6.45) is 0. The van der Waals surface area contributed by atoms with E-state index in [0.29, 0.717) is 5.04 Å². The van der Waals surface area contributed by atoms with Crippen LogP contribution in [0.4, 0.5) is 0 Å². The second-order valence-corrected chi connectivity index (χ2v) is 21.2. The molecule has 0 fully saturated rings. The number of hydrogen-bond acceptors (Lipinski definition) is 1. The quantitative estimate of drug-likeness (QED) is 0.655. The second-order valence-electron chi connectivity index (χ2n) is 5.82. The van der Waals surface area contributed by atoms with Gasteiger partial charge in [-0.15, -0.1) is 0 Å². The molecule has 0 atom stereocenters. The molecule has 80 valence electrons. The molecule has 0 heterocycles. The fraction of sp³-hybridized carbons (Fsp3) is 1.00. The molecule has 0 N–H and O–H groups in total. The van der Waals surface area contributed by atoms with E-state index in [1.54, 1.807) is 0 Å². The summed E-state index contributed by atoms with van der Waals surface area (Å²) >= 11 is 0. The molecule has 0 saturated carbocycles. The van der Waals surface area contributed by atoms with E-state index in [-0.39, 0.29) is 0 Å². The minimum atomic E-state index is -1.43. The average Bonchev–Trinajstić information content (AvgIpc) is 1.84. The summed E-state index contributed by atoms with van der Waals surface area (Å²) in [6.45, 7) is 19.8. The Balaban J connectivity index is 4.81. The van der Waals surface area contributed by atoms with Crippen LogP contribution in [0.15, 0.2) is 0 Å². The molecule has 0 amide bonds. The Morgan fingerprint density at radius 2 is 1.38 bits per heavy atom. The minimum Gasteiger partial charge on any atom is -0.420 e. The molecule has 0 rings (SSSR count). The van der Waals surface area contributed by atoms with Crippen LogP contribution in [0, 0.1) is 0 Å². The van der Waals surface area contributed by atoms with E-state index in [2.05, 4.69) is 53.9 Å². The Hall–Kier alpha value is 0.394. The molecule has 0 aromatic rings. The van der Waals surface area contributed by atoms with E-state index in [9.17, 15) is 0 Å². The van der Waals surface area contributed by atoms with E-state index >= 15 is 0 Å². The number of rotatable bonds is 3. The molecule has 0 aliphatic rings. The molecule has 0 unspecified atom stereocenters. The van der Waals surface area contributed by atoms with Crippen molar-refractivity contribution in [2.75, 3.05) is 6.61 Å². The summed E-state index contributed by atoms with van der Waals surface area (Å²) in [6, 6.07) is 0. The molecule has 0 aromatic heterocycles. The molecule has 1 nitrogen and oxygen atoms in total. The highest BCUT2D eigenvalue weighted by atomic mass is 29.3. The van der Waals surface area contributed by atoms with Gasteiger partial charge in [-0.3, -0.25) is 0 Å². The first kappa shape index (κ1) is 13.4. The van der Waals surface area contributed by atoms with Crippen molar-refractivity contribution >= 4 is 15.4 Å². The lowest BCUT2D eigenvalue weighted by atomic mass is 10.2. The fourth-order valence-electron chi connectivity index (χ4n) is 1.44. The van der Waals surface area contributed by atoms with Crippen molar-refractivity contribution in [2.24, 2.45) is 0 Å². The van der Waals surface area contributed by atoms with Gasteiger partial charge in [0.25, 0.3) is 0 Å². The summed E-state index contributed by atoms with van der Waals surface area (Å²) < 4.78 is 6.02.